The zero-order valence-electron chi connectivity index (χ0n) is 10.3. The zero-order valence-corrected chi connectivity index (χ0v) is 10.3. The predicted octanol–water partition coefficient (Wildman–Crippen LogP) is 1.71. The quantitative estimate of drug-likeness (QED) is 0.484. The molecule has 1 aromatic carbocycles. The number of amides is 1. The molecule has 0 heterocycles. The highest BCUT2D eigenvalue weighted by atomic mass is 16.6. The third-order valence-corrected chi connectivity index (χ3v) is 3.34. The van der Waals surface area contributed by atoms with Crippen molar-refractivity contribution in [1.29, 1.82) is 0 Å². The Hall–Kier alpha value is -2.11. The molecule has 1 aliphatic carbocycles. The molecular weight excluding hydrogens is 234 g/mol. The lowest BCUT2D eigenvalue weighted by atomic mass is 10.1. The van der Waals surface area contributed by atoms with Crippen LogP contribution in [0.25, 0.3) is 0 Å². The van der Waals surface area contributed by atoms with E-state index in [-0.39, 0.29) is 34.3 Å². The van der Waals surface area contributed by atoms with Crippen molar-refractivity contribution in [3.63, 3.8) is 0 Å². The number of anilines is 1. The Morgan fingerprint density at radius 3 is 2.67 bits per heavy atom. The van der Waals surface area contributed by atoms with Gasteiger partial charge in [-0.05, 0) is 17.9 Å². The Morgan fingerprint density at radius 2 is 2.17 bits per heavy atom. The number of nitrogens with zero attached hydrogens (tertiary/aromatic N) is 1. The summed E-state index contributed by atoms with van der Waals surface area (Å²) in [6.07, 6.45) is 0.910. The molecule has 1 saturated carbocycles. The second kappa shape index (κ2) is 3.97. The molecular formula is C12H15N3O3. The van der Waals surface area contributed by atoms with Crippen molar-refractivity contribution in [2.45, 2.75) is 26.3 Å². The van der Waals surface area contributed by atoms with E-state index in [1.807, 2.05) is 0 Å². The second-order valence-corrected chi connectivity index (χ2v) is 5.21. The highest BCUT2D eigenvalue weighted by molar-refractivity contribution is 6.01. The van der Waals surface area contributed by atoms with Crippen LogP contribution in [-0.2, 0) is 0 Å². The third-order valence-electron chi connectivity index (χ3n) is 3.34. The smallest absolute Gasteiger partial charge is 0.292 e. The Labute approximate surface area is 104 Å². The number of carbonyl (C=O) groups excluding carboxylic acids is 1. The van der Waals surface area contributed by atoms with Gasteiger partial charge in [0.15, 0.2) is 0 Å². The molecule has 2 rings (SSSR count). The number of rotatable bonds is 3. The summed E-state index contributed by atoms with van der Waals surface area (Å²) in [6, 6.07) is 4.35. The van der Waals surface area contributed by atoms with Crippen LogP contribution in [0.5, 0.6) is 0 Å². The van der Waals surface area contributed by atoms with E-state index in [9.17, 15) is 14.9 Å². The van der Waals surface area contributed by atoms with Crippen molar-refractivity contribution in [3.8, 4) is 0 Å². The number of nitro benzene ring substituents is 1. The minimum atomic E-state index is -0.590. The monoisotopic (exact) mass is 249 g/mol. The van der Waals surface area contributed by atoms with Crippen LogP contribution >= 0.6 is 0 Å². The average Bonchev–Trinajstić information content (AvgIpc) is 2.85. The van der Waals surface area contributed by atoms with Crippen LogP contribution in [0.3, 0.4) is 0 Å². The first kappa shape index (κ1) is 12.3. The van der Waals surface area contributed by atoms with Crippen LogP contribution in [0.2, 0.25) is 0 Å². The minimum absolute atomic E-state index is 0.0848. The normalized spacial score (nSPS) is 20.2. The number of nitrogens with two attached hydrogens (primary N) is 1. The number of nitrogen functional groups attached to an aromatic ring is 1. The fourth-order valence-electron chi connectivity index (χ4n) is 1.86. The van der Waals surface area contributed by atoms with E-state index in [0.29, 0.717) is 0 Å². The maximum absolute atomic E-state index is 12.0. The van der Waals surface area contributed by atoms with Crippen LogP contribution in [-0.4, -0.2) is 16.9 Å². The van der Waals surface area contributed by atoms with E-state index < -0.39 is 4.92 Å². The van der Waals surface area contributed by atoms with E-state index in [1.54, 1.807) is 0 Å². The summed E-state index contributed by atoms with van der Waals surface area (Å²) in [7, 11) is 0. The van der Waals surface area contributed by atoms with Crippen molar-refractivity contribution < 1.29 is 9.72 Å². The van der Waals surface area contributed by atoms with Crippen molar-refractivity contribution >= 4 is 17.3 Å². The number of benzene rings is 1. The molecule has 6 nitrogen and oxygen atoms in total. The fourth-order valence-corrected chi connectivity index (χ4v) is 1.86. The zero-order chi connectivity index (χ0) is 13.5. The molecule has 1 aliphatic rings. The molecule has 1 fully saturated rings. The number of carbonyl (C=O) groups is 1. The van der Waals surface area contributed by atoms with Crippen LogP contribution in [0.1, 0.15) is 30.6 Å². The predicted molar refractivity (Wildman–Crippen MR) is 67.2 cm³/mol. The van der Waals surface area contributed by atoms with E-state index in [1.165, 1.54) is 18.2 Å². The Kier molecular flexibility index (Phi) is 2.73. The van der Waals surface area contributed by atoms with E-state index in [0.717, 1.165) is 6.42 Å². The molecule has 1 atom stereocenters. The third kappa shape index (κ3) is 2.13. The van der Waals surface area contributed by atoms with E-state index in [4.69, 9.17) is 5.73 Å². The molecule has 0 spiro atoms. The molecule has 3 N–H and O–H groups in total. The first-order valence-corrected chi connectivity index (χ1v) is 5.66. The van der Waals surface area contributed by atoms with Gasteiger partial charge in [-0.15, -0.1) is 0 Å². The summed E-state index contributed by atoms with van der Waals surface area (Å²) in [6.45, 7) is 4.10. The minimum Gasteiger partial charge on any atom is -0.393 e. The summed E-state index contributed by atoms with van der Waals surface area (Å²) in [4.78, 5) is 22.1. The summed E-state index contributed by atoms with van der Waals surface area (Å²) < 4.78 is 0. The maximum atomic E-state index is 12.0. The molecule has 0 aromatic heterocycles. The lowest BCUT2D eigenvalue weighted by Gasteiger charge is -2.08. The number of hydrogen-bond acceptors (Lipinski definition) is 4. The number of hydrogen-bond donors (Lipinski definition) is 2. The van der Waals surface area contributed by atoms with Gasteiger partial charge in [-0.25, -0.2) is 0 Å². The Balaban J connectivity index is 2.21. The number of nitrogens with one attached hydrogen (secondary N) is 1. The van der Waals surface area contributed by atoms with Crippen molar-refractivity contribution in [2.75, 3.05) is 5.73 Å². The Morgan fingerprint density at radius 1 is 1.56 bits per heavy atom. The van der Waals surface area contributed by atoms with E-state index >= 15 is 0 Å². The van der Waals surface area contributed by atoms with Gasteiger partial charge in [0.1, 0.15) is 5.69 Å². The first-order chi connectivity index (χ1) is 8.33. The summed E-state index contributed by atoms with van der Waals surface area (Å²) in [5.74, 6) is -0.355. The van der Waals surface area contributed by atoms with Crippen molar-refractivity contribution in [1.82, 2.24) is 5.32 Å². The topological polar surface area (TPSA) is 98.3 Å². The SMILES string of the molecule is CC1(C)CC1NC(=O)c1cccc([N+](=O)[O-])c1N. The first-order valence-electron chi connectivity index (χ1n) is 5.66. The van der Waals surface area contributed by atoms with E-state index in [2.05, 4.69) is 19.2 Å². The maximum Gasteiger partial charge on any atom is 0.292 e. The van der Waals surface area contributed by atoms with Crippen LogP contribution in [0.4, 0.5) is 11.4 Å². The van der Waals surface area contributed by atoms with Gasteiger partial charge in [0, 0.05) is 12.1 Å². The molecule has 18 heavy (non-hydrogen) atoms. The largest absolute Gasteiger partial charge is 0.393 e. The molecule has 0 radical (unpaired) electrons. The van der Waals surface area contributed by atoms with Gasteiger partial charge in [-0.1, -0.05) is 19.9 Å². The summed E-state index contributed by atoms with van der Waals surface area (Å²) in [5, 5.41) is 13.6. The van der Waals surface area contributed by atoms with Gasteiger partial charge in [-0.2, -0.15) is 0 Å². The number of nitro groups is 1. The van der Waals surface area contributed by atoms with Gasteiger partial charge >= 0.3 is 0 Å². The van der Waals surface area contributed by atoms with Gasteiger partial charge in [0.25, 0.3) is 11.6 Å². The summed E-state index contributed by atoms with van der Waals surface area (Å²) in [5.41, 5.74) is 5.58. The second-order valence-electron chi connectivity index (χ2n) is 5.21. The molecule has 0 saturated heterocycles. The van der Waals surface area contributed by atoms with Gasteiger partial charge in [0.05, 0.1) is 10.5 Å². The van der Waals surface area contributed by atoms with Crippen LogP contribution in [0, 0.1) is 15.5 Å². The molecule has 0 aliphatic heterocycles. The highest BCUT2D eigenvalue weighted by Gasteiger charge is 2.46. The standard InChI is InChI=1S/C12H15N3O3/c1-12(2)6-9(12)14-11(16)7-4-3-5-8(10(7)13)15(17)18/h3-5,9H,6,13H2,1-2H3,(H,14,16). The molecule has 1 amide bonds. The summed E-state index contributed by atoms with van der Waals surface area (Å²) >= 11 is 0. The lowest BCUT2D eigenvalue weighted by molar-refractivity contribution is -0.383. The van der Waals surface area contributed by atoms with Crippen LogP contribution < -0.4 is 11.1 Å². The number of para-hydroxylation sites is 1. The van der Waals surface area contributed by atoms with Crippen molar-refractivity contribution in [2.24, 2.45) is 5.41 Å². The molecule has 0 bridgehead atoms. The highest BCUT2D eigenvalue weighted by Crippen LogP contribution is 2.44. The Bertz CT molecular complexity index is 525. The van der Waals surface area contributed by atoms with Crippen LogP contribution in [0.15, 0.2) is 18.2 Å². The molecule has 96 valence electrons. The molecule has 6 heteroatoms. The lowest BCUT2D eigenvalue weighted by Crippen LogP contribution is -2.29. The average molecular weight is 249 g/mol. The van der Waals surface area contributed by atoms with Gasteiger partial charge in [-0.3, -0.25) is 14.9 Å². The fraction of sp³-hybridized carbons (Fsp3) is 0.417. The van der Waals surface area contributed by atoms with Gasteiger partial charge < -0.3 is 11.1 Å². The van der Waals surface area contributed by atoms with Crippen molar-refractivity contribution in [3.05, 3.63) is 33.9 Å². The van der Waals surface area contributed by atoms with Gasteiger partial charge in [0.2, 0.25) is 0 Å². The molecule has 1 unspecified atom stereocenters. The molecule has 1 aromatic rings.